The summed E-state index contributed by atoms with van der Waals surface area (Å²) in [6.45, 7) is 0.119. The molecule has 0 radical (unpaired) electrons. The van der Waals surface area contributed by atoms with Crippen molar-refractivity contribution in [3.05, 3.63) is 29.3 Å². The molecule has 78 valence electrons. The molecule has 1 amide bonds. The smallest absolute Gasteiger partial charge is 0.341 e. The molecule has 2 rings (SSSR count). The molecule has 1 aliphatic heterocycles. The highest BCUT2D eigenvalue weighted by Gasteiger charge is 2.18. The molecule has 0 saturated heterocycles. The highest BCUT2D eigenvalue weighted by Crippen LogP contribution is 2.21. The van der Waals surface area contributed by atoms with Gasteiger partial charge in [0.1, 0.15) is 5.75 Å². The SMILES string of the molecule is O=C(O)COc1ccc2c(c1)C(=O)NC2. The molecular formula is C10H9NO4. The fraction of sp³-hybridized carbons (Fsp3) is 0.200. The van der Waals surface area contributed by atoms with Crippen molar-refractivity contribution in [2.75, 3.05) is 6.61 Å². The van der Waals surface area contributed by atoms with Crippen LogP contribution in [0.5, 0.6) is 5.75 Å². The first-order chi connectivity index (χ1) is 7.16. The predicted octanol–water partition coefficient (Wildman–Crippen LogP) is 0.393. The van der Waals surface area contributed by atoms with Crippen molar-refractivity contribution in [2.45, 2.75) is 6.54 Å². The third kappa shape index (κ3) is 1.90. The van der Waals surface area contributed by atoms with Crippen LogP contribution >= 0.6 is 0 Å². The van der Waals surface area contributed by atoms with Gasteiger partial charge >= 0.3 is 5.97 Å². The van der Waals surface area contributed by atoms with E-state index in [4.69, 9.17) is 9.84 Å². The molecule has 0 fully saturated rings. The van der Waals surface area contributed by atoms with Crippen molar-refractivity contribution >= 4 is 11.9 Å². The summed E-state index contributed by atoms with van der Waals surface area (Å²) in [5.41, 5.74) is 1.46. The van der Waals surface area contributed by atoms with Gasteiger partial charge in [-0.15, -0.1) is 0 Å². The average Bonchev–Trinajstić information content (AvgIpc) is 2.57. The first-order valence-electron chi connectivity index (χ1n) is 4.42. The molecule has 1 heterocycles. The van der Waals surface area contributed by atoms with Crippen LogP contribution in [0.25, 0.3) is 0 Å². The van der Waals surface area contributed by atoms with E-state index in [1.807, 2.05) is 0 Å². The fourth-order valence-electron chi connectivity index (χ4n) is 1.43. The number of benzene rings is 1. The molecule has 0 aromatic heterocycles. The maximum absolute atomic E-state index is 11.3. The Morgan fingerprint density at radius 2 is 2.33 bits per heavy atom. The number of nitrogens with one attached hydrogen (secondary N) is 1. The zero-order chi connectivity index (χ0) is 10.8. The second kappa shape index (κ2) is 3.61. The standard InChI is InChI=1S/C10H9NO4/c12-9(13)5-15-7-2-1-6-4-11-10(14)8(6)3-7/h1-3H,4-5H2,(H,11,14)(H,12,13). The molecule has 1 aromatic rings. The van der Waals surface area contributed by atoms with Crippen LogP contribution in [0, 0.1) is 0 Å². The number of ether oxygens (including phenoxy) is 1. The summed E-state index contributed by atoms with van der Waals surface area (Å²) in [6, 6.07) is 4.97. The van der Waals surface area contributed by atoms with Gasteiger partial charge in [0.25, 0.3) is 5.91 Å². The van der Waals surface area contributed by atoms with Gasteiger partial charge in [-0.05, 0) is 17.7 Å². The largest absolute Gasteiger partial charge is 0.482 e. The van der Waals surface area contributed by atoms with Crippen molar-refractivity contribution in [1.29, 1.82) is 0 Å². The van der Waals surface area contributed by atoms with Gasteiger partial charge in [-0.1, -0.05) is 6.07 Å². The minimum absolute atomic E-state index is 0.147. The van der Waals surface area contributed by atoms with Gasteiger partial charge in [-0.25, -0.2) is 4.79 Å². The summed E-state index contributed by atoms with van der Waals surface area (Å²) in [4.78, 5) is 21.5. The van der Waals surface area contributed by atoms with E-state index < -0.39 is 12.6 Å². The molecule has 0 atom stereocenters. The minimum Gasteiger partial charge on any atom is -0.482 e. The second-order valence-electron chi connectivity index (χ2n) is 3.18. The Kier molecular flexibility index (Phi) is 2.29. The molecule has 15 heavy (non-hydrogen) atoms. The molecule has 0 bridgehead atoms. The summed E-state index contributed by atoms with van der Waals surface area (Å²) in [5.74, 6) is -0.793. The number of hydrogen-bond acceptors (Lipinski definition) is 3. The van der Waals surface area contributed by atoms with Crippen LogP contribution < -0.4 is 10.1 Å². The van der Waals surface area contributed by atoms with Crippen molar-refractivity contribution in [1.82, 2.24) is 5.32 Å². The van der Waals surface area contributed by atoms with Gasteiger partial charge in [0.15, 0.2) is 6.61 Å². The fourth-order valence-corrected chi connectivity index (χ4v) is 1.43. The molecule has 1 aromatic carbocycles. The van der Waals surface area contributed by atoms with Crippen LogP contribution in [0.4, 0.5) is 0 Å². The summed E-state index contributed by atoms with van der Waals surface area (Å²) >= 11 is 0. The number of carboxylic acids is 1. The van der Waals surface area contributed by atoms with Gasteiger partial charge in [-0.2, -0.15) is 0 Å². The Hall–Kier alpha value is -2.04. The van der Waals surface area contributed by atoms with Crippen molar-refractivity contribution < 1.29 is 19.4 Å². The van der Waals surface area contributed by atoms with E-state index in [0.717, 1.165) is 5.56 Å². The van der Waals surface area contributed by atoms with E-state index in [0.29, 0.717) is 17.9 Å². The molecule has 5 nitrogen and oxygen atoms in total. The van der Waals surface area contributed by atoms with Gasteiger partial charge in [-0.3, -0.25) is 4.79 Å². The van der Waals surface area contributed by atoms with Crippen molar-refractivity contribution in [3.63, 3.8) is 0 Å². The lowest BCUT2D eigenvalue weighted by molar-refractivity contribution is -0.139. The van der Waals surface area contributed by atoms with Crippen LogP contribution in [0.3, 0.4) is 0 Å². The molecule has 2 N–H and O–H groups in total. The van der Waals surface area contributed by atoms with Gasteiger partial charge in [0.05, 0.1) is 0 Å². The lowest BCUT2D eigenvalue weighted by atomic mass is 10.1. The Bertz CT molecular complexity index is 427. The number of rotatable bonds is 3. The Balaban J connectivity index is 2.18. The Morgan fingerprint density at radius 3 is 3.07 bits per heavy atom. The zero-order valence-electron chi connectivity index (χ0n) is 7.82. The number of aliphatic carboxylic acids is 1. The topological polar surface area (TPSA) is 75.6 Å². The molecule has 0 aliphatic carbocycles. The lowest BCUT2D eigenvalue weighted by Crippen LogP contribution is -2.12. The predicted molar refractivity (Wildman–Crippen MR) is 50.7 cm³/mol. The van der Waals surface area contributed by atoms with E-state index in [1.54, 1.807) is 18.2 Å². The maximum Gasteiger partial charge on any atom is 0.341 e. The Labute approximate surface area is 85.7 Å². The summed E-state index contributed by atoms with van der Waals surface area (Å²) in [7, 11) is 0. The van der Waals surface area contributed by atoms with Crippen LogP contribution in [-0.2, 0) is 11.3 Å². The highest BCUT2D eigenvalue weighted by molar-refractivity contribution is 5.98. The molecule has 1 aliphatic rings. The third-order valence-electron chi connectivity index (χ3n) is 2.13. The zero-order valence-corrected chi connectivity index (χ0v) is 7.82. The van der Waals surface area contributed by atoms with Gasteiger partial charge in [0, 0.05) is 12.1 Å². The summed E-state index contributed by atoms with van der Waals surface area (Å²) in [6.07, 6.45) is 0. The number of fused-ring (bicyclic) bond motifs is 1. The second-order valence-corrected chi connectivity index (χ2v) is 3.18. The lowest BCUT2D eigenvalue weighted by Gasteiger charge is -2.03. The van der Waals surface area contributed by atoms with E-state index in [1.165, 1.54) is 0 Å². The molecule has 5 heteroatoms. The first kappa shape index (κ1) is 9.51. The average molecular weight is 207 g/mol. The van der Waals surface area contributed by atoms with Crippen LogP contribution in [0.1, 0.15) is 15.9 Å². The van der Waals surface area contributed by atoms with Crippen LogP contribution in [0.2, 0.25) is 0 Å². The van der Waals surface area contributed by atoms with Gasteiger partial charge in [0.2, 0.25) is 0 Å². The molecule has 0 unspecified atom stereocenters. The van der Waals surface area contributed by atoms with Crippen LogP contribution in [-0.4, -0.2) is 23.6 Å². The normalized spacial score (nSPS) is 13.2. The summed E-state index contributed by atoms with van der Waals surface area (Å²) in [5, 5.41) is 11.1. The van der Waals surface area contributed by atoms with Crippen molar-refractivity contribution in [2.24, 2.45) is 0 Å². The third-order valence-corrected chi connectivity index (χ3v) is 2.13. The number of carbonyl (C=O) groups excluding carboxylic acids is 1. The molecule has 0 spiro atoms. The minimum atomic E-state index is -1.04. The number of hydrogen-bond donors (Lipinski definition) is 2. The van der Waals surface area contributed by atoms with E-state index in [2.05, 4.69) is 5.32 Å². The van der Waals surface area contributed by atoms with Crippen LogP contribution in [0.15, 0.2) is 18.2 Å². The van der Waals surface area contributed by atoms with E-state index >= 15 is 0 Å². The quantitative estimate of drug-likeness (QED) is 0.751. The summed E-state index contributed by atoms with van der Waals surface area (Å²) < 4.78 is 4.96. The van der Waals surface area contributed by atoms with E-state index in [-0.39, 0.29) is 5.91 Å². The van der Waals surface area contributed by atoms with Crippen molar-refractivity contribution in [3.8, 4) is 5.75 Å². The first-order valence-corrected chi connectivity index (χ1v) is 4.42. The number of amides is 1. The molecule has 0 saturated carbocycles. The maximum atomic E-state index is 11.3. The molecular weight excluding hydrogens is 198 g/mol. The Morgan fingerprint density at radius 1 is 1.53 bits per heavy atom. The number of carboxylic acid groups (broad SMARTS) is 1. The highest BCUT2D eigenvalue weighted by atomic mass is 16.5. The monoisotopic (exact) mass is 207 g/mol. The van der Waals surface area contributed by atoms with E-state index in [9.17, 15) is 9.59 Å². The van der Waals surface area contributed by atoms with Gasteiger partial charge < -0.3 is 15.2 Å². The number of carbonyl (C=O) groups is 2.